The normalized spacial score (nSPS) is 19.5. The fraction of sp³-hybridized carbons (Fsp3) is 0.480. The highest BCUT2D eigenvalue weighted by atomic mass is 16.5. The molecule has 0 N–H and O–H groups in total. The number of Topliss-reactive ketones (excluding diaryl/α,β-unsaturated/α-hetero) is 1. The van der Waals surface area contributed by atoms with Crippen molar-refractivity contribution in [2.75, 3.05) is 27.3 Å². The lowest BCUT2D eigenvalue weighted by Gasteiger charge is -2.32. The summed E-state index contributed by atoms with van der Waals surface area (Å²) in [6.07, 6.45) is 4.19. The van der Waals surface area contributed by atoms with Gasteiger partial charge < -0.3 is 9.47 Å². The lowest BCUT2D eigenvalue weighted by Crippen LogP contribution is -2.34. The molecule has 1 atom stereocenters. The van der Waals surface area contributed by atoms with Gasteiger partial charge in [-0.05, 0) is 68.0 Å². The fourth-order valence-electron chi connectivity index (χ4n) is 4.71. The van der Waals surface area contributed by atoms with Gasteiger partial charge in [0, 0.05) is 18.0 Å². The van der Waals surface area contributed by atoms with Gasteiger partial charge in [-0.3, -0.25) is 9.69 Å². The van der Waals surface area contributed by atoms with E-state index in [4.69, 9.17) is 9.47 Å². The van der Waals surface area contributed by atoms with E-state index in [1.54, 1.807) is 14.2 Å². The number of benzene rings is 2. The standard InChI is InChI=1S/C24H29NO3.CH4/c1-27-22-14-19-13-20(24(26)21(19)15-23(22)28-2)12-17-8-10-25(11-9-17)16-18-6-4-3-5-7-18;/h3-7,14-15,17,20H,8-13,16H2,1-2H3;1H4/t20-;/m1./s1. The first-order valence-corrected chi connectivity index (χ1v) is 10.2. The Morgan fingerprint density at radius 1 is 1.00 bits per heavy atom. The van der Waals surface area contributed by atoms with Crippen LogP contribution in [0, 0.1) is 11.8 Å². The number of piperidine rings is 1. The lowest BCUT2D eigenvalue weighted by molar-refractivity contribution is 0.0895. The van der Waals surface area contributed by atoms with E-state index < -0.39 is 0 Å². The monoisotopic (exact) mass is 395 g/mol. The van der Waals surface area contributed by atoms with Crippen LogP contribution in [0.4, 0.5) is 0 Å². The maximum atomic E-state index is 12.9. The lowest BCUT2D eigenvalue weighted by atomic mass is 9.85. The van der Waals surface area contributed by atoms with Crippen LogP contribution in [0.3, 0.4) is 0 Å². The Bertz CT molecular complexity index is 825. The Kier molecular flexibility index (Phi) is 6.96. The summed E-state index contributed by atoms with van der Waals surface area (Å²) < 4.78 is 10.8. The van der Waals surface area contributed by atoms with Crippen LogP contribution in [-0.4, -0.2) is 38.0 Å². The summed E-state index contributed by atoms with van der Waals surface area (Å²) in [6.45, 7) is 3.27. The smallest absolute Gasteiger partial charge is 0.166 e. The van der Waals surface area contributed by atoms with Crippen molar-refractivity contribution >= 4 is 5.78 Å². The third-order valence-electron chi connectivity index (χ3n) is 6.29. The molecule has 1 aliphatic heterocycles. The number of ketones is 1. The second kappa shape index (κ2) is 9.45. The molecule has 0 aromatic heterocycles. The van der Waals surface area contributed by atoms with Crippen LogP contribution in [0.1, 0.15) is 48.2 Å². The van der Waals surface area contributed by atoms with Crippen molar-refractivity contribution in [3.05, 3.63) is 59.2 Å². The number of rotatable bonds is 6. The van der Waals surface area contributed by atoms with E-state index in [1.807, 2.05) is 12.1 Å². The molecule has 29 heavy (non-hydrogen) atoms. The average molecular weight is 396 g/mol. The SMILES string of the molecule is C.COc1cc2c(cc1OC)C(=O)[C@H](CC1CCN(Cc3ccccc3)CC1)C2. The molecule has 1 aliphatic carbocycles. The van der Waals surface area contributed by atoms with Crippen LogP contribution in [0.25, 0.3) is 0 Å². The summed E-state index contributed by atoms with van der Waals surface area (Å²) in [5.74, 6) is 2.38. The molecule has 0 saturated carbocycles. The zero-order valence-electron chi connectivity index (χ0n) is 16.8. The van der Waals surface area contributed by atoms with Gasteiger partial charge in [-0.15, -0.1) is 0 Å². The van der Waals surface area contributed by atoms with Crippen molar-refractivity contribution < 1.29 is 14.3 Å². The van der Waals surface area contributed by atoms with Crippen LogP contribution in [-0.2, 0) is 13.0 Å². The van der Waals surface area contributed by atoms with Crippen LogP contribution >= 0.6 is 0 Å². The Balaban J connectivity index is 0.00000240. The molecule has 0 spiro atoms. The molecule has 1 fully saturated rings. The Hall–Kier alpha value is -2.33. The highest BCUT2D eigenvalue weighted by Crippen LogP contribution is 2.39. The third-order valence-corrected chi connectivity index (χ3v) is 6.29. The number of likely N-dealkylation sites (tertiary alicyclic amines) is 1. The minimum Gasteiger partial charge on any atom is -0.493 e. The second-order valence-electron chi connectivity index (χ2n) is 8.07. The predicted octanol–water partition coefficient (Wildman–Crippen LogP) is 5.00. The molecular weight excluding hydrogens is 362 g/mol. The van der Waals surface area contributed by atoms with E-state index >= 15 is 0 Å². The number of ether oxygens (including phenoxy) is 2. The molecule has 156 valence electrons. The van der Waals surface area contributed by atoms with Gasteiger partial charge in [0.05, 0.1) is 14.2 Å². The first-order valence-electron chi connectivity index (χ1n) is 10.2. The average Bonchev–Trinajstić information content (AvgIpc) is 3.03. The summed E-state index contributed by atoms with van der Waals surface area (Å²) >= 11 is 0. The highest BCUT2D eigenvalue weighted by molar-refractivity contribution is 6.02. The number of carbonyl (C=O) groups is 1. The van der Waals surface area contributed by atoms with Crippen LogP contribution in [0.15, 0.2) is 42.5 Å². The van der Waals surface area contributed by atoms with Crippen molar-refractivity contribution in [2.24, 2.45) is 11.8 Å². The first kappa shape index (κ1) is 21.4. The predicted molar refractivity (Wildman–Crippen MR) is 117 cm³/mol. The fourth-order valence-corrected chi connectivity index (χ4v) is 4.71. The zero-order valence-corrected chi connectivity index (χ0v) is 16.8. The van der Waals surface area contributed by atoms with E-state index in [1.165, 1.54) is 18.4 Å². The molecule has 4 nitrogen and oxygen atoms in total. The van der Waals surface area contributed by atoms with Gasteiger partial charge in [0.15, 0.2) is 17.3 Å². The molecule has 1 heterocycles. The van der Waals surface area contributed by atoms with Gasteiger partial charge in [-0.1, -0.05) is 37.8 Å². The van der Waals surface area contributed by atoms with E-state index in [9.17, 15) is 4.79 Å². The quantitative estimate of drug-likeness (QED) is 0.690. The van der Waals surface area contributed by atoms with Crippen molar-refractivity contribution in [1.29, 1.82) is 0 Å². The molecule has 0 bridgehead atoms. The summed E-state index contributed by atoms with van der Waals surface area (Å²) in [4.78, 5) is 15.5. The van der Waals surface area contributed by atoms with Crippen LogP contribution in [0.5, 0.6) is 11.5 Å². The highest BCUT2D eigenvalue weighted by Gasteiger charge is 2.34. The molecule has 4 rings (SSSR count). The molecular formula is C25H33NO3. The number of methoxy groups -OCH3 is 2. The second-order valence-corrected chi connectivity index (χ2v) is 8.07. The molecule has 0 unspecified atom stereocenters. The van der Waals surface area contributed by atoms with Gasteiger partial charge in [-0.25, -0.2) is 0 Å². The van der Waals surface area contributed by atoms with E-state index in [0.29, 0.717) is 17.4 Å². The summed E-state index contributed by atoms with van der Waals surface area (Å²) in [5, 5.41) is 0. The van der Waals surface area contributed by atoms with Gasteiger partial charge in [0.1, 0.15) is 0 Å². The summed E-state index contributed by atoms with van der Waals surface area (Å²) in [7, 11) is 3.26. The molecule has 2 aromatic carbocycles. The van der Waals surface area contributed by atoms with E-state index in [2.05, 4.69) is 35.2 Å². The molecule has 1 saturated heterocycles. The van der Waals surface area contributed by atoms with Crippen molar-refractivity contribution in [1.82, 2.24) is 4.90 Å². The third kappa shape index (κ3) is 4.64. The first-order chi connectivity index (χ1) is 13.7. The van der Waals surface area contributed by atoms with Crippen LogP contribution < -0.4 is 9.47 Å². The van der Waals surface area contributed by atoms with E-state index in [-0.39, 0.29) is 19.1 Å². The number of fused-ring (bicyclic) bond motifs is 1. The maximum Gasteiger partial charge on any atom is 0.166 e. The van der Waals surface area contributed by atoms with Gasteiger partial charge >= 0.3 is 0 Å². The number of hydrogen-bond donors (Lipinski definition) is 0. The molecule has 2 aliphatic rings. The van der Waals surface area contributed by atoms with Gasteiger partial charge in [0.2, 0.25) is 0 Å². The number of nitrogens with zero attached hydrogens (tertiary/aromatic N) is 1. The van der Waals surface area contributed by atoms with E-state index in [0.717, 1.165) is 43.6 Å². The molecule has 0 radical (unpaired) electrons. The molecule has 0 amide bonds. The minimum absolute atomic E-state index is 0. The van der Waals surface area contributed by atoms with Crippen molar-refractivity contribution in [3.8, 4) is 11.5 Å². The topological polar surface area (TPSA) is 38.8 Å². The zero-order chi connectivity index (χ0) is 19.5. The largest absolute Gasteiger partial charge is 0.493 e. The summed E-state index contributed by atoms with van der Waals surface area (Å²) in [5.41, 5.74) is 3.31. The van der Waals surface area contributed by atoms with Gasteiger partial charge in [-0.2, -0.15) is 0 Å². The Labute approximate surface area is 174 Å². The number of hydrogen-bond acceptors (Lipinski definition) is 4. The Morgan fingerprint density at radius 2 is 1.66 bits per heavy atom. The van der Waals surface area contributed by atoms with Crippen LogP contribution in [0.2, 0.25) is 0 Å². The summed E-state index contributed by atoms with van der Waals surface area (Å²) in [6, 6.07) is 14.5. The van der Waals surface area contributed by atoms with Crippen molar-refractivity contribution in [3.63, 3.8) is 0 Å². The molecule has 4 heteroatoms. The van der Waals surface area contributed by atoms with Crippen molar-refractivity contribution in [2.45, 2.75) is 39.7 Å². The number of carbonyl (C=O) groups excluding carboxylic acids is 1. The Morgan fingerprint density at radius 3 is 2.31 bits per heavy atom. The minimum atomic E-state index is 0. The maximum absolute atomic E-state index is 12.9. The molecule has 2 aromatic rings. The van der Waals surface area contributed by atoms with Gasteiger partial charge in [0.25, 0.3) is 0 Å².